The molecule has 142 valence electrons. The summed E-state index contributed by atoms with van der Waals surface area (Å²) < 4.78 is 5.54. The summed E-state index contributed by atoms with van der Waals surface area (Å²) in [6.45, 7) is 3.06. The van der Waals surface area contributed by atoms with Crippen LogP contribution in [0, 0.1) is 5.92 Å². The van der Waals surface area contributed by atoms with E-state index in [1.54, 1.807) is 0 Å². The normalized spacial score (nSPS) is 21.0. The zero-order valence-corrected chi connectivity index (χ0v) is 15.5. The molecule has 0 saturated carbocycles. The first kappa shape index (κ1) is 18.7. The Balaban J connectivity index is 1.44. The fourth-order valence-electron chi connectivity index (χ4n) is 3.94. The van der Waals surface area contributed by atoms with Gasteiger partial charge in [0.2, 0.25) is 5.91 Å². The van der Waals surface area contributed by atoms with Crippen LogP contribution >= 0.6 is 0 Å². The third-order valence-corrected chi connectivity index (χ3v) is 5.40. The van der Waals surface area contributed by atoms with E-state index in [1.165, 1.54) is 0 Å². The molecular formula is C20H29N3O3. The van der Waals surface area contributed by atoms with Gasteiger partial charge in [-0.15, -0.1) is 0 Å². The van der Waals surface area contributed by atoms with Gasteiger partial charge < -0.3 is 19.9 Å². The van der Waals surface area contributed by atoms with E-state index in [0.717, 1.165) is 38.8 Å². The van der Waals surface area contributed by atoms with Crippen LogP contribution in [0.15, 0.2) is 30.3 Å². The van der Waals surface area contributed by atoms with Gasteiger partial charge in [0, 0.05) is 38.1 Å². The molecule has 3 rings (SSSR count). The minimum absolute atomic E-state index is 0.00557. The van der Waals surface area contributed by atoms with Gasteiger partial charge in [-0.1, -0.05) is 18.2 Å². The van der Waals surface area contributed by atoms with E-state index < -0.39 is 0 Å². The molecule has 1 N–H and O–H groups in total. The second-order valence-corrected chi connectivity index (χ2v) is 7.14. The zero-order chi connectivity index (χ0) is 18.4. The lowest BCUT2D eigenvalue weighted by Gasteiger charge is -2.35. The lowest BCUT2D eigenvalue weighted by molar-refractivity contribution is -0.142. The Morgan fingerprint density at radius 2 is 1.85 bits per heavy atom. The molecule has 0 aliphatic carbocycles. The Morgan fingerprint density at radius 3 is 2.54 bits per heavy atom. The number of nitrogens with zero attached hydrogens (tertiary/aromatic N) is 2. The minimum atomic E-state index is -0.00557. The molecule has 2 aliphatic heterocycles. The molecule has 1 unspecified atom stereocenters. The Labute approximate surface area is 155 Å². The van der Waals surface area contributed by atoms with E-state index in [4.69, 9.17) is 4.74 Å². The smallest absolute Gasteiger partial charge is 0.260 e. The average Bonchev–Trinajstić information content (AvgIpc) is 3.15. The highest BCUT2D eigenvalue weighted by molar-refractivity contribution is 5.81. The molecule has 2 heterocycles. The van der Waals surface area contributed by atoms with Crippen molar-refractivity contribution in [2.45, 2.75) is 31.7 Å². The largest absolute Gasteiger partial charge is 0.484 e. The summed E-state index contributed by atoms with van der Waals surface area (Å²) >= 11 is 0. The van der Waals surface area contributed by atoms with E-state index in [1.807, 2.05) is 42.3 Å². The third-order valence-electron chi connectivity index (χ3n) is 5.40. The molecule has 1 aromatic carbocycles. The second kappa shape index (κ2) is 9.03. The number of hydrogen-bond donors (Lipinski definition) is 1. The number of ether oxygens (including phenoxy) is 1. The first-order valence-corrected chi connectivity index (χ1v) is 9.59. The molecule has 2 aliphatic rings. The summed E-state index contributed by atoms with van der Waals surface area (Å²) in [7, 11) is 1.93. The number of carbonyl (C=O) groups is 2. The number of hydrogen-bond acceptors (Lipinski definition) is 4. The standard InChI is InChI=1S/C20H29N3O3/c1-21-14-17-6-5-11-23(17)20(25)16-9-12-22(13-10-16)19(24)15-26-18-7-3-2-4-8-18/h2-4,7-8,16-17,21H,5-6,9-15H2,1H3. The van der Waals surface area contributed by atoms with Gasteiger partial charge in [0.1, 0.15) is 5.75 Å². The summed E-state index contributed by atoms with van der Waals surface area (Å²) in [5.41, 5.74) is 0. The topological polar surface area (TPSA) is 61.9 Å². The van der Waals surface area contributed by atoms with Crippen molar-refractivity contribution in [2.75, 3.05) is 39.8 Å². The number of rotatable bonds is 6. The maximum absolute atomic E-state index is 12.8. The Kier molecular flexibility index (Phi) is 6.50. The highest BCUT2D eigenvalue weighted by Gasteiger charge is 2.35. The van der Waals surface area contributed by atoms with E-state index in [0.29, 0.717) is 24.9 Å². The molecule has 0 bridgehead atoms. The molecule has 0 aromatic heterocycles. The van der Waals surface area contributed by atoms with Crippen LogP contribution in [0.1, 0.15) is 25.7 Å². The zero-order valence-electron chi connectivity index (χ0n) is 15.5. The van der Waals surface area contributed by atoms with E-state index in [9.17, 15) is 9.59 Å². The molecule has 1 aromatic rings. The van der Waals surface area contributed by atoms with Gasteiger partial charge in [-0.05, 0) is 44.9 Å². The van der Waals surface area contributed by atoms with Crippen LogP contribution < -0.4 is 10.1 Å². The summed E-state index contributed by atoms with van der Waals surface area (Å²) in [4.78, 5) is 29.1. The Hall–Kier alpha value is -2.08. The molecule has 2 fully saturated rings. The van der Waals surface area contributed by atoms with Crippen molar-refractivity contribution in [1.82, 2.24) is 15.1 Å². The molecule has 26 heavy (non-hydrogen) atoms. The van der Waals surface area contributed by atoms with Crippen LogP contribution in [0.25, 0.3) is 0 Å². The van der Waals surface area contributed by atoms with Crippen molar-refractivity contribution < 1.29 is 14.3 Å². The van der Waals surface area contributed by atoms with Gasteiger partial charge in [0.25, 0.3) is 5.91 Å². The first-order chi connectivity index (χ1) is 12.7. The number of piperidine rings is 1. The van der Waals surface area contributed by atoms with E-state index >= 15 is 0 Å². The average molecular weight is 359 g/mol. The number of likely N-dealkylation sites (tertiary alicyclic amines) is 2. The van der Waals surface area contributed by atoms with Crippen molar-refractivity contribution in [3.05, 3.63) is 30.3 Å². The van der Waals surface area contributed by atoms with Crippen molar-refractivity contribution in [3.63, 3.8) is 0 Å². The molecule has 6 heteroatoms. The molecule has 6 nitrogen and oxygen atoms in total. The molecule has 0 radical (unpaired) electrons. The van der Waals surface area contributed by atoms with Crippen molar-refractivity contribution in [3.8, 4) is 5.75 Å². The maximum atomic E-state index is 12.8. The fraction of sp³-hybridized carbons (Fsp3) is 0.600. The minimum Gasteiger partial charge on any atom is -0.484 e. The predicted octanol–water partition coefficient (Wildman–Crippen LogP) is 1.51. The van der Waals surface area contributed by atoms with Gasteiger partial charge >= 0.3 is 0 Å². The van der Waals surface area contributed by atoms with Gasteiger partial charge in [-0.2, -0.15) is 0 Å². The number of benzene rings is 1. The van der Waals surface area contributed by atoms with Crippen LogP contribution in [0.5, 0.6) is 5.75 Å². The van der Waals surface area contributed by atoms with Crippen LogP contribution in [0.3, 0.4) is 0 Å². The van der Waals surface area contributed by atoms with Crippen LogP contribution in [-0.4, -0.2) is 67.5 Å². The second-order valence-electron chi connectivity index (χ2n) is 7.14. The first-order valence-electron chi connectivity index (χ1n) is 9.59. The van der Waals surface area contributed by atoms with E-state index in [-0.39, 0.29) is 24.3 Å². The quantitative estimate of drug-likeness (QED) is 0.836. The summed E-state index contributed by atoms with van der Waals surface area (Å²) in [5.74, 6) is 1.02. The number of carbonyl (C=O) groups excluding carboxylic acids is 2. The van der Waals surface area contributed by atoms with Gasteiger partial charge in [0.05, 0.1) is 0 Å². The van der Waals surface area contributed by atoms with Crippen molar-refractivity contribution in [1.29, 1.82) is 0 Å². The molecular weight excluding hydrogens is 330 g/mol. The number of amides is 2. The van der Waals surface area contributed by atoms with Gasteiger partial charge in [-0.3, -0.25) is 9.59 Å². The lowest BCUT2D eigenvalue weighted by Crippen LogP contribution is -2.48. The monoisotopic (exact) mass is 359 g/mol. The van der Waals surface area contributed by atoms with Crippen molar-refractivity contribution >= 4 is 11.8 Å². The maximum Gasteiger partial charge on any atom is 0.260 e. The van der Waals surface area contributed by atoms with Crippen LogP contribution in [0.4, 0.5) is 0 Å². The lowest BCUT2D eigenvalue weighted by atomic mass is 9.95. The number of para-hydroxylation sites is 1. The van der Waals surface area contributed by atoms with Gasteiger partial charge in [0.15, 0.2) is 6.61 Å². The van der Waals surface area contributed by atoms with Crippen LogP contribution in [0.2, 0.25) is 0 Å². The Bertz CT molecular complexity index is 600. The SMILES string of the molecule is CNCC1CCCN1C(=O)C1CCN(C(=O)COc2ccccc2)CC1. The van der Waals surface area contributed by atoms with Crippen LogP contribution in [-0.2, 0) is 9.59 Å². The highest BCUT2D eigenvalue weighted by Crippen LogP contribution is 2.25. The third kappa shape index (κ3) is 4.55. The predicted molar refractivity (Wildman–Crippen MR) is 99.9 cm³/mol. The molecule has 2 amide bonds. The summed E-state index contributed by atoms with van der Waals surface area (Å²) in [5, 5.41) is 3.19. The van der Waals surface area contributed by atoms with E-state index in [2.05, 4.69) is 10.2 Å². The molecule has 2 saturated heterocycles. The van der Waals surface area contributed by atoms with Crippen molar-refractivity contribution in [2.24, 2.45) is 5.92 Å². The summed E-state index contributed by atoms with van der Waals surface area (Å²) in [6, 6.07) is 9.70. The highest BCUT2D eigenvalue weighted by atomic mass is 16.5. The molecule has 0 spiro atoms. The fourth-order valence-corrected chi connectivity index (χ4v) is 3.94. The molecule has 1 atom stereocenters. The van der Waals surface area contributed by atoms with Gasteiger partial charge in [-0.25, -0.2) is 0 Å². The number of likely N-dealkylation sites (N-methyl/N-ethyl adjacent to an activating group) is 1. The Morgan fingerprint density at radius 1 is 1.12 bits per heavy atom. The number of nitrogens with one attached hydrogen (secondary N) is 1. The summed E-state index contributed by atoms with van der Waals surface area (Å²) in [6.07, 6.45) is 3.67.